The van der Waals surface area contributed by atoms with Gasteiger partial charge in [-0.2, -0.15) is 11.8 Å². The quantitative estimate of drug-likeness (QED) is 0.610. The van der Waals surface area contributed by atoms with Crippen LogP contribution in [0.5, 0.6) is 0 Å². The summed E-state index contributed by atoms with van der Waals surface area (Å²) in [5, 5.41) is 0. The molecule has 1 amide bonds. The van der Waals surface area contributed by atoms with Crippen molar-refractivity contribution in [2.24, 2.45) is 0 Å². The third-order valence-electron chi connectivity index (χ3n) is 5.58. The molecule has 0 bridgehead atoms. The minimum Gasteiger partial charge on any atom is -0.355 e. The van der Waals surface area contributed by atoms with Crippen LogP contribution < -0.4 is 9.80 Å². The molecule has 160 valence electrons. The van der Waals surface area contributed by atoms with Crippen molar-refractivity contribution in [1.82, 2.24) is 29.4 Å². The van der Waals surface area contributed by atoms with Crippen LogP contribution in [0.2, 0.25) is 0 Å². The van der Waals surface area contributed by atoms with Crippen LogP contribution in [0.1, 0.15) is 10.5 Å². The summed E-state index contributed by atoms with van der Waals surface area (Å²) >= 11 is 1.96. The van der Waals surface area contributed by atoms with Crippen LogP contribution in [0.15, 0.2) is 49.3 Å². The largest absolute Gasteiger partial charge is 0.355 e. The summed E-state index contributed by atoms with van der Waals surface area (Å²) in [6.45, 7) is 4.78. The molecule has 5 rings (SSSR count). The van der Waals surface area contributed by atoms with E-state index in [1.165, 1.54) is 0 Å². The van der Waals surface area contributed by atoms with E-state index in [0.29, 0.717) is 18.8 Å². The molecule has 0 aromatic carbocycles. The van der Waals surface area contributed by atoms with Gasteiger partial charge < -0.3 is 14.7 Å². The Morgan fingerprint density at radius 1 is 0.839 bits per heavy atom. The molecule has 3 aromatic rings. The van der Waals surface area contributed by atoms with Crippen LogP contribution >= 0.6 is 11.8 Å². The molecule has 2 aliphatic heterocycles. The summed E-state index contributed by atoms with van der Waals surface area (Å²) in [7, 11) is 0. The van der Waals surface area contributed by atoms with E-state index in [-0.39, 0.29) is 5.91 Å². The molecule has 2 aliphatic rings. The minimum atomic E-state index is -0.0539. The highest BCUT2D eigenvalue weighted by atomic mass is 32.2. The lowest BCUT2D eigenvalue weighted by Crippen LogP contribution is -2.49. The molecule has 0 radical (unpaired) electrons. The monoisotopic (exact) mass is 436 g/mol. The lowest BCUT2D eigenvalue weighted by molar-refractivity contribution is 0.0741. The zero-order chi connectivity index (χ0) is 21.0. The van der Waals surface area contributed by atoms with Crippen LogP contribution in [0, 0.1) is 0 Å². The highest BCUT2D eigenvalue weighted by molar-refractivity contribution is 7.99. The molecule has 3 aromatic heterocycles. The summed E-state index contributed by atoms with van der Waals surface area (Å²) in [6, 6.07) is 7.84. The Balaban J connectivity index is 1.25. The maximum atomic E-state index is 13.0. The second kappa shape index (κ2) is 8.93. The van der Waals surface area contributed by atoms with Crippen LogP contribution in [0.25, 0.3) is 5.82 Å². The Labute approximate surface area is 185 Å². The number of aromatic nitrogens is 5. The lowest BCUT2D eigenvalue weighted by atomic mass is 10.2. The number of anilines is 2. The van der Waals surface area contributed by atoms with Crippen molar-refractivity contribution in [2.45, 2.75) is 0 Å². The fourth-order valence-corrected chi connectivity index (χ4v) is 4.75. The van der Waals surface area contributed by atoms with Crippen LogP contribution in [0.3, 0.4) is 0 Å². The Morgan fingerprint density at radius 2 is 1.61 bits per heavy atom. The van der Waals surface area contributed by atoms with Crippen molar-refractivity contribution in [2.75, 3.05) is 60.6 Å². The fourth-order valence-electron chi connectivity index (χ4n) is 3.84. The number of hydrogen-bond donors (Lipinski definition) is 0. The zero-order valence-electron chi connectivity index (χ0n) is 17.2. The third-order valence-corrected chi connectivity index (χ3v) is 6.52. The molecule has 10 heteroatoms. The maximum Gasteiger partial charge on any atom is 0.274 e. The fraction of sp³-hybridized carbons (Fsp3) is 0.381. The number of amides is 1. The molecule has 9 nitrogen and oxygen atoms in total. The zero-order valence-corrected chi connectivity index (χ0v) is 18.0. The van der Waals surface area contributed by atoms with Gasteiger partial charge in [-0.3, -0.25) is 9.36 Å². The molecule has 31 heavy (non-hydrogen) atoms. The van der Waals surface area contributed by atoms with E-state index in [4.69, 9.17) is 0 Å². The van der Waals surface area contributed by atoms with E-state index in [9.17, 15) is 4.79 Å². The second-order valence-electron chi connectivity index (χ2n) is 7.47. The highest BCUT2D eigenvalue weighted by Crippen LogP contribution is 2.19. The van der Waals surface area contributed by atoms with Crippen molar-refractivity contribution in [3.8, 4) is 5.82 Å². The number of pyridine rings is 1. The standard InChI is InChI=1S/C21H24N8OS/c30-21(28-7-5-26(6-8-28)18-3-1-2-4-22-18)17-14-29(16-25-17)20-13-19(23-15-24-20)27-9-11-31-12-10-27/h1-4,13-16H,5-12H2. The second-order valence-corrected chi connectivity index (χ2v) is 8.69. The van der Waals surface area contributed by atoms with Gasteiger partial charge in [0.15, 0.2) is 0 Å². The van der Waals surface area contributed by atoms with Crippen molar-refractivity contribution in [3.05, 3.63) is 55.0 Å². The van der Waals surface area contributed by atoms with Gasteiger partial charge in [0.05, 0.1) is 0 Å². The van der Waals surface area contributed by atoms with E-state index < -0.39 is 0 Å². The summed E-state index contributed by atoms with van der Waals surface area (Å²) in [5.41, 5.74) is 0.431. The number of hydrogen-bond acceptors (Lipinski definition) is 8. The molecule has 0 unspecified atom stereocenters. The van der Waals surface area contributed by atoms with Crippen molar-refractivity contribution in [1.29, 1.82) is 0 Å². The predicted octanol–water partition coefficient (Wildman–Crippen LogP) is 1.57. The molecule has 0 saturated carbocycles. The van der Waals surface area contributed by atoms with Gasteiger partial charge in [-0.05, 0) is 12.1 Å². The lowest BCUT2D eigenvalue weighted by Gasteiger charge is -2.35. The molecule has 5 heterocycles. The van der Waals surface area contributed by atoms with E-state index in [0.717, 1.165) is 55.1 Å². The van der Waals surface area contributed by atoms with Crippen LogP contribution in [-0.4, -0.2) is 86.1 Å². The number of carbonyl (C=O) groups is 1. The first-order valence-electron chi connectivity index (χ1n) is 10.4. The van der Waals surface area contributed by atoms with Crippen molar-refractivity contribution in [3.63, 3.8) is 0 Å². The third kappa shape index (κ3) is 4.34. The van der Waals surface area contributed by atoms with Gasteiger partial charge in [0, 0.05) is 69.2 Å². The summed E-state index contributed by atoms with van der Waals surface area (Å²) in [4.78, 5) is 36.8. The van der Waals surface area contributed by atoms with Gasteiger partial charge >= 0.3 is 0 Å². The Morgan fingerprint density at radius 3 is 2.39 bits per heavy atom. The van der Waals surface area contributed by atoms with E-state index >= 15 is 0 Å². The van der Waals surface area contributed by atoms with Gasteiger partial charge in [-0.15, -0.1) is 0 Å². The number of piperazine rings is 1. The first-order chi connectivity index (χ1) is 15.3. The SMILES string of the molecule is O=C(c1cn(-c2cc(N3CCSCC3)ncn2)cn1)N1CCN(c2ccccn2)CC1. The molecule has 0 aliphatic carbocycles. The molecule has 0 atom stereocenters. The van der Waals surface area contributed by atoms with Gasteiger partial charge in [0.1, 0.15) is 35.8 Å². The van der Waals surface area contributed by atoms with Crippen LogP contribution in [-0.2, 0) is 0 Å². The Hall–Kier alpha value is -3.14. The van der Waals surface area contributed by atoms with E-state index in [1.54, 1.807) is 29.6 Å². The molecule has 0 N–H and O–H groups in total. The number of rotatable bonds is 4. The molecule has 0 spiro atoms. The topological polar surface area (TPSA) is 83.3 Å². The normalized spacial score (nSPS) is 17.1. The molecule has 2 fully saturated rings. The molecular weight excluding hydrogens is 412 g/mol. The van der Waals surface area contributed by atoms with Gasteiger partial charge in [0.25, 0.3) is 5.91 Å². The number of nitrogens with zero attached hydrogens (tertiary/aromatic N) is 8. The minimum absolute atomic E-state index is 0.0539. The van der Waals surface area contributed by atoms with E-state index in [1.807, 2.05) is 40.9 Å². The molecular formula is C21H24N8OS. The predicted molar refractivity (Wildman–Crippen MR) is 121 cm³/mol. The van der Waals surface area contributed by atoms with Gasteiger partial charge in [0.2, 0.25) is 0 Å². The Kier molecular flexibility index (Phi) is 5.70. The van der Waals surface area contributed by atoms with Crippen LogP contribution in [0.4, 0.5) is 11.6 Å². The van der Waals surface area contributed by atoms with E-state index in [2.05, 4.69) is 29.7 Å². The number of imidazole rings is 1. The highest BCUT2D eigenvalue weighted by Gasteiger charge is 2.24. The smallest absolute Gasteiger partial charge is 0.274 e. The summed E-state index contributed by atoms with van der Waals surface area (Å²) in [6.07, 6.45) is 6.77. The van der Waals surface area contributed by atoms with Gasteiger partial charge in [-0.1, -0.05) is 6.07 Å². The molecule has 2 saturated heterocycles. The first kappa shape index (κ1) is 19.8. The summed E-state index contributed by atoms with van der Waals surface area (Å²) < 4.78 is 1.79. The number of carbonyl (C=O) groups excluding carboxylic acids is 1. The average molecular weight is 437 g/mol. The average Bonchev–Trinajstić information content (AvgIpc) is 3.35. The van der Waals surface area contributed by atoms with Crippen molar-refractivity contribution >= 4 is 29.3 Å². The van der Waals surface area contributed by atoms with Gasteiger partial charge in [-0.25, -0.2) is 19.9 Å². The Bertz CT molecular complexity index is 1030. The number of thioether (sulfide) groups is 1. The maximum absolute atomic E-state index is 13.0. The summed E-state index contributed by atoms with van der Waals surface area (Å²) in [5.74, 6) is 4.74. The van der Waals surface area contributed by atoms with Crippen molar-refractivity contribution < 1.29 is 4.79 Å². The first-order valence-corrected chi connectivity index (χ1v) is 11.6.